The molecule has 32 heavy (non-hydrogen) atoms. The average Bonchev–Trinajstić information content (AvgIpc) is 2.81. The van der Waals surface area contributed by atoms with Crippen LogP contribution in [0.4, 0.5) is 0 Å². The van der Waals surface area contributed by atoms with E-state index >= 15 is 0 Å². The van der Waals surface area contributed by atoms with Gasteiger partial charge in [0.2, 0.25) is 0 Å². The summed E-state index contributed by atoms with van der Waals surface area (Å²) in [4.78, 5) is 0. The average molecular weight is 505 g/mol. The first kappa shape index (κ1) is 22.9. The molecule has 4 rings (SSSR count). The standard InChI is InChI=1S/C29H30BrOP/c1-22-9-15-26(16-10-22)32(30,27-17-11-23(2)12-18-27,28-19-13-24(3)14-20-28)21-29(31)25-7-5-4-6-8-25/h4-20,29,31H,21H2,1-3H3. The van der Waals surface area contributed by atoms with E-state index < -0.39 is 11.4 Å². The predicted octanol–water partition coefficient (Wildman–Crippen LogP) is 6.48. The summed E-state index contributed by atoms with van der Waals surface area (Å²) in [6, 6.07) is 36.5. The maximum atomic E-state index is 11.6. The van der Waals surface area contributed by atoms with Gasteiger partial charge in [-0.05, 0) is 0 Å². The Kier molecular flexibility index (Phi) is 6.41. The van der Waals surface area contributed by atoms with Crippen LogP contribution in [0.15, 0.2) is 103 Å². The summed E-state index contributed by atoms with van der Waals surface area (Å²) in [5, 5.41) is 12.1. The Balaban J connectivity index is 2.04. The Labute approximate surface area is 199 Å². The van der Waals surface area contributed by atoms with Gasteiger partial charge in [-0.1, -0.05) is 0 Å². The van der Waals surface area contributed by atoms with Gasteiger partial charge in [0.25, 0.3) is 0 Å². The predicted molar refractivity (Wildman–Crippen MR) is 145 cm³/mol. The molecule has 1 nitrogen and oxygen atoms in total. The molecule has 0 amide bonds. The molecule has 1 N–H and O–H groups in total. The van der Waals surface area contributed by atoms with Crippen LogP contribution >= 0.6 is 20.8 Å². The third-order valence-corrected chi connectivity index (χ3v) is 16.1. The molecule has 0 saturated carbocycles. The monoisotopic (exact) mass is 504 g/mol. The molecule has 0 bridgehead atoms. The molecular formula is C29H30BrOP. The molecule has 4 aromatic rings. The number of hydrogen-bond acceptors (Lipinski definition) is 1. The summed E-state index contributed by atoms with van der Waals surface area (Å²) in [7, 11) is 0. The zero-order valence-electron chi connectivity index (χ0n) is 18.9. The third kappa shape index (κ3) is 4.08. The molecular weight excluding hydrogens is 475 g/mol. The number of aliphatic hydroxyl groups is 1. The second kappa shape index (κ2) is 8.94. The first-order chi connectivity index (χ1) is 15.3. The van der Waals surface area contributed by atoms with Crippen LogP contribution in [0.2, 0.25) is 0 Å². The van der Waals surface area contributed by atoms with E-state index in [1.807, 2.05) is 30.3 Å². The van der Waals surface area contributed by atoms with Gasteiger partial charge in [-0.2, -0.15) is 0 Å². The number of benzene rings is 4. The fourth-order valence-corrected chi connectivity index (χ4v) is 12.1. The first-order valence-corrected chi connectivity index (χ1v) is 15.4. The number of hydrogen-bond donors (Lipinski definition) is 1. The summed E-state index contributed by atoms with van der Waals surface area (Å²) in [5.41, 5.74) is 4.61. The normalized spacial score (nSPS) is 13.8. The van der Waals surface area contributed by atoms with Gasteiger partial charge >= 0.3 is 200 Å². The molecule has 1 unspecified atom stereocenters. The Bertz CT molecular complexity index is 1070. The van der Waals surface area contributed by atoms with E-state index in [0.29, 0.717) is 6.16 Å². The SMILES string of the molecule is Cc1ccc(P(Br)(CC(O)c2ccccc2)(c2ccc(C)cc2)c2ccc(C)cc2)cc1. The molecule has 0 heterocycles. The van der Waals surface area contributed by atoms with Crippen LogP contribution in [0.5, 0.6) is 0 Å². The molecule has 164 valence electrons. The molecule has 0 aliphatic heterocycles. The van der Waals surface area contributed by atoms with Crippen LogP contribution in [0.25, 0.3) is 0 Å². The van der Waals surface area contributed by atoms with Crippen molar-refractivity contribution >= 4 is 36.7 Å². The summed E-state index contributed by atoms with van der Waals surface area (Å²) in [6.07, 6.45) is -0.0395. The molecule has 0 radical (unpaired) electrons. The molecule has 4 aromatic carbocycles. The van der Waals surface area contributed by atoms with E-state index in [1.165, 1.54) is 32.6 Å². The van der Waals surface area contributed by atoms with E-state index in [2.05, 4.69) is 109 Å². The van der Waals surface area contributed by atoms with Crippen molar-refractivity contribution in [1.82, 2.24) is 0 Å². The fraction of sp³-hybridized carbons (Fsp3) is 0.172. The van der Waals surface area contributed by atoms with E-state index in [1.54, 1.807) is 0 Å². The molecule has 3 heteroatoms. The zero-order chi connectivity index (χ0) is 22.8. The first-order valence-electron chi connectivity index (χ1n) is 11.0. The number of aliphatic hydroxyl groups excluding tert-OH is 1. The van der Waals surface area contributed by atoms with Crippen LogP contribution in [0.3, 0.4) is 0 Å². The topological polar surface area (TPSA) is 20.2 Å². The van der Waals surface area contributed by atoms with Gasteiger partial charge < -0.3 is 0 Å². The molecule has 0 saturated heterocycles. The second-order valence-corrected chi connectivity index (χ2v) is 17.8. The van der Waals surface area contributed by atoms with Crippen LogP contribution < -0.4 is 15.9 Å². The van der Waals surface area contributed by atoms with Crippen molar-refractivity contribution in [3.05, 3.63) is 125 Å². The van der Waals surface area contributed by atoms with Gasteiger partial charge in [0, 0.05) is 0 Å². The molecule has 0 aliphatic rings. The zero-order valence-corrected chi connectivity index (χ0v) is 21.4. The van der Waals surface area contributed by atoms with E-state index in [-0.39, 0.29) is 0 Å². The molecule has 0 aromatic heterocycles. The second-order valence-electron chi connectivity index (χ2n) is 8.80. The van der Waals surface area contributed by atoms with Crippen molar-refractivity contribution < 1.29 is 5.11 Å². The van der Waals surface area contributed by atoms with Crippen LogP contribution in [0.1, 0.15) is 28.4 Å². The maximum absolute atomic E-state index is 11.6. The van der Waals surface area contributed by atoms with E-state index in [9.17, 15) is 5.11 Å². The molecule has 1 atom stereocenters. The summed E-state index contributed by atoms with van der Waals surface area (Å²) in [5.74, 6) is 0. The van der Waals surface area contributed by atoms with Crippen molar-refractivity contribution in [1.29, 1.82) is 0 Å². The van der Waals surface area contributed by atoms with Crippen molar-refractivity contribution in [3.8, 4) is 0 Å². The van der Waals surface area contributed by atoms with E-state index in [0.717, 1.165) is 5.56 Å². The number of aryl methyl sites for hydroxylation is 3. The van der Waals surface area contributed by atoms with Crippen molar-refractivity contribution in [3.63, 3.8) is 0 Å². The summed E-state index contributed by atoms with van der Waals surface area (Å²) < 4.78 is 0. The van der Waals surface area contributed by atoms with Gasteiger partial charge in [-0.25, -0.2) is 0 Å². The Morgan fingerprint density at radius 2 is 0.938 bits per heavy atom. The third-order valence-electron chi connectivity index (χ3n) is 6.42. The Hall–Kier alpha value is -2.25. The van der Waals surface area contributed by atoms with Gasteiger partial charge in [-0.15, -0.1) is 0 Å². The van der Waals surface area contributed by atoms with Crippen LogP contribution in [0, 0.1) is 20.8 Å². The summed E-state index contributed by atoms with van der Waals surface area (Å²) >= 11 is 4.46. The van der Waals surface area contributed by atoms with Gasteiger partial charge in [0.05, 0.1) is 0 Å². The van der Waals surface area contributed by atoms with Gasteiger partial charge in [0.1, 0.15) is 0 Å². The van der Waals surface area contributed by atoms with Gasteiger partial charge in [0.15, 0.2) is 0 Å². The van der Waals surface area contributed by atoms with Crippen LogP contribution in [-0.4, -0.2) is 11.3 Å². The van der Waals surface area contributed by atoms with E-state index in [4.69, 9.17) is 0 Å². The Morgan fingerprint density at radius 3 is 1.28 bits per heavy atom. The molecule has 0 fully saturated rings. The minimum absolute atomic E-state index is 0.574. The number of halogens is 1. The fourth-order valence-electron chi connectivity index (χ4n) is 4.44. The number of rotatable bonds is 6. The van der Waals surface area contributed by atoms with Crippen LogP contribution in [-0.2, 0) is 0 Å². The summed E-state index contributed by atoms with van der Waals surface area (Å²) in [6.45, 7) is 6.34. The van der Waals surface area contributed by atoms with Crippen molar-refractivity contribution in [2.75, 3.05) is 6.16 Å². The van der Waals surface area contributed by atoms with Crippen molar-refractivity contribution in [2.45, 2.75) is 26.9 Å². The van der Waals surface area contributed by atoms with Gasteiger partial charge in [-0.3, -0.25) is 0 Å². The minimum atomic E-state index is -3.20. The molecule has 0 spiro atoms. The van der Waals surface area contributed by atoms with Crippen molar-refractivity contribution in [2.24, 2.45) is 0 Å². The quantitative estimate of drug-likeness (QED) is 0.297. The Morgan fingerprint density at radius 1 is 0.594 bits per heavy atom. The molecule has 0 aliphatic carbocycles.